The minimum Gasteiger partial charge on any atom is -0.274 e. The summed E-state index contributed by atoms with van der Waals surface area (Å²) < 4.78 is 13.4. The summed E-state index contributed by atoms with van der Waals surface area (Å²) in [6.45, 7) is 1.61. The quantitative estimate of drug-likeness (QED) is 0.588. The van der Waals surface area contributed by atoms with Crippen molar-refractivity contribution in [3.05, 3.63) is 29.6 Å². The fourth-order valence-electron chi connectivity index (χ4n) is 0.925. The molecule has 74 valence electrons. The van der Waals surface area contributed by atoms with Crippen molar-refractivity contribution in [2.24, 2.45) is 5.10 Å². The predicted molar refractivity (Wildman–Crippen MR) is 53.4 cm³/mol. The molecule has 0 fully saturated rings. The van der Waals surface area contributed by atoms with Crippen molar-refractivity contribution in [1.82, 2.24) is 0 Å². The Kier molecular flexibility index (Phi) is 3.37. The van der Waals surface area contributed by atoms with Gasteiger partial charge in [0.15, 0.2) is 5.82 Å². The van der Waals surface area contributed by atoms with Crippen molar-refractivity contribution in [3.8, 4) is 12.1 Å². The van der Waals surface area contributed by atoms with E-state index in [1.165, 1.54) is 6.07 Å². The van der Waals surface area contributed by atoms with Gasteiger partial charge in [0, 0.05) is 0 Å². The van der Waals surface area contributed by atoms with Crippen LogP contribution in [-0.2, 0) is 0 Å². The maximum absolute atomic E-state index is 13.4. The SMILES string of the molecule is Cc1cccc(NN=C(C#N)C#N)c1F. The molecule has 4 nitrogen and oxygen atoms in total. The van der Waals surface area contributed by atoms with E-state index in [1.54, 1.807) is 31.2 Å². The molecule has 0 aliphatic rings. The predicted octanol–water partition coefficient (Wildman–Crippen LogP) is 1.95. The van der Waals surface area contributed by atoms with Crippen molar-refractivity contribution < 1.29 is 4.39 Å². The van der Waals surface area contributed by atoms with Gasteiger partial charge in [-0.25, -0.2) is 4.39 Å². The number of anilines is 1. The Hall–Kier alpha value is -2.40. The Labute approximate surface area is 86.3 Å². The van der Waals surface area contributed by atoms with Gasteiger partial charge in [-0.05, 0) is 18.6 Å². The summed E-state index contributed by atoms with van der Waals surface area (Å²) in [5.41, 5.74) is 2.57. The van der Waals surface area contributed by atoms with Crippen LogP contribution in [-0.4, -0.2) is 5.71 Å². The van der Waals surface area contributed by atoms with Crippen LogP contribution < -0.4 is 5.43 Å². The summed E-state index contributed by atoms with van der Waals surface area (Å²) >= 11 is 0. The van der Waals surface area contributed by atoms with Gasteiger partial charge in [-0.3, -0.25) is 5.43 Å². The topological polar surface area (TPSA) is 72.0 Å². The Morgan fingerprint density at radius 1 is 1.40 bits per heavy atom. The lowest BCUT2D eigenvalue weighted by molar-refractivity contribution is 0.621. The van der Waals surface area contributed by atoms with Gasteiger partial charge in [-0.2, -0.15) is 15.6 Å². The van der Waals surface area contributed by atoms with Gasteiger partial charge in [0.1, 0.15) is 12.1 Å². The zero-order chi connectivity index (χ0) is 11.3. The highest BCUT2D eigenvalue weighted by molar-refractivity contribution is 6.10. The second-order valence-electron chi connectivity index (χ2n) is 2.73. The first-order valence-electron chi connectivity index (χ1n) is 4.08. The third-order valence-electron chi connectivity index (χ3n) is 1.69. The molecule has 0 radical (unpaired) electrons. The first kappa shape index (κ1) is 10.7. The zero-order valence-corrected chi connectivity index (χ0v) is 7.95. The number of hydrogen-bond donors (Lipinski definition) is 1. The summed E-state index contributed by atoms with van der Waals surface area (Å²) in [4.78, 5) is 0. The summed E-state index contributed by atoms with van der Waals surface area (Å²) in [6, 6.07) is 7.85. The number of nitrogens with zero attached hydrogens (tertiary/aromatic N) is 3. The van der Waals surface area contributed by atoms with E-state index in [2.05, 4.69) is 10.5 Å². The van der Waals surface area contributed by atoms with Gasteiger partial charge in [-0.1, -0.05) is 12.1 Å². The lowest BCUT2D eigenvalue weighted by Crippen LogP contribution is -1.99. The molecule has 0 unspecified atom stereocenters. The van der Waals surface area contributed by atoms with Crippen molar-refractivity contribution in [1.29, 1.82) is 10.5 Å². The van der Waals surface area contributed by atoms with Crippen LogP contribution in [0.15, 0.2) is 23.3 Å². The third kappa shape index (κ3) is 2.52. The molecule has 5 heteroatoms. The molecular weight excluding hydrogens is 195 g/mol. The number of halogens is 1. The molecule has 0 aliphatic heterocycles. The third-order valence-corrected chi connectivity index (χ3v) is 1.69. The average molecular weight is 202 g/mol. The standard InChI is InChI=1S/C10H7FN4/c1-7-3-2-4-9(10(7)11)15-14-8(5-12)6-13/h2-4,15H,1H3. The highest BCUT2D eigenvalue weighted by atomic mass is 19.1. The number of hydrazone groups is 1. The average Bonchev–Trinajstić information content (AvgIpc) is 2.25. The first-order valence-corrected chi connectivity index (χ1v) is 4.08. The van der Waals surface area contributed by atoms with Crippen LogP contribution in [0.5, 0.6) is 0 Å². The number of benzene rings is 1. The highest BCUT2D eigenvalue weighted by Crippen LogP contribution is 2.16. The van der Waals surface area contributed by atoms with Gasteiger partial charge in [0.05, 0.1) is 5.69 Å². The Balaban J connectivity index is 2.93. The van der Waals surface area contributed by atoms with Crippen LogP contribution in [0.3, 0.4) is 0 Å². The lowest BCUT2D eigenvalue weighted by atomic mass is 10.2. The van der Waals surface area contributed by atoms with Crippen molar-refractivity contribution in [2.45, 2.75) is 6.92 Å². The molecule has 1 N–H and O–H groups in total. The largest absolute Gasteiger partial charge is 0.274 e. The van der Waals surface area contributed by atoms with Crippen molar-refractivity contribution >= 4 is 11.4 Å². The van der Waals surface area contributed by atoms with E-state index >= 15 is 0 Å². The van der Waals surface area contributed by atoms with E-state index in [4.69, 9.17) is 10.5 Å². The van der Waals surface area contributed by atoms with Gasteiger partial charge >= 0.3 is 0 Å². The van der Waals surface area contributed by atoms with E-state index in [0.29, 0.717) is 5.56 Å². The van der Waals surface area contributed by atoms with E-state index in [-0.39, 0.29) is 11.4 Å². The minimum absolute atomic E-state index is 0.137. The second kappa shape index (κ2) is 4.73. The molecule has 15 heavy (non-hydrogen) atoms. The van der Waals surface area contributed by atoms with Crippen LogP contribution in [0.2, 0.25) is 0 Å². The summed E-state index contributed by atoms with van der Waals surface area (Å²) in [6.07, 6.45) is 0. The number of aryl methyl sites for hydroxylation is 1. The number of nitrogens with one attached hydrogen (secondary N) is 1. The van der Waals surface area contributed by atoms with E-state index in [1.807, 2.05) is 0 Å². The van der Waals surface area contributed by atoms with Crippen molar-refractivity contribution in [2.75, 3.05) is 5.43 Å². The van der Waals surface area contributed by atoms with Gasteiger partial charge in [0.25, 0.3) is 0 Å². The summed E-state index contributed by atoms with van der Waals surface area (Å²) in [7, 11) is 0. The molecule has 0 heterocycles. The molecule has 0 spiro atoms. The normalized spacial score (nSPS) is 8.53. The van der Waals surface area contributed by atoms with E-state index < -0.39 is 5.82 Å². The van der Waals surface area contributed by atoms with Crippen molar-refractivity contribution in [3.63, 3.8) is 0 Å². The Morgan fingerprint density at radius 3 is 2.67 bits per heavy atom. The Morgan fingerprint density at radius 2 is 2.07 bits per heavy atom. The molecule has 0 saturated heterocycles. The van der Waals surface area contributed by atoms with Crippen LogP contribution in [0, 0.1) is 35.4 Å². The molecule has 1 aromatic carbocycles. The minimum atomic E-state index is -0.448. The number of nitriles is 2. The monoisotopic (exact) mass is 202 g/mol. The molecule has 1 rings (SSSR count). The van der Waals surface area contributed by atoms with Crippen LogP contribution >= 0.6 is 0 Å². The Bertz CT molecular complexity index is 463. The molecule has 0 aromatic heterocycles. The van der Waals surface area contributed by atoms with Crippen LogP contribution in [0.4, 0.5) is 10.1 Å². The molecular formula is C10H7FN4. The maximum Gasteiger partial charge on any atom is 0.237 e. The second-order valence-corrected chi connectivity index (χ2v) is 2.73. The van der Waals surface area contributed by atoms with Gasteiger partial charge in [0.2, 0.25) is 5.71 Å². The first-order chi connectivity index (χ1) is 7.19. The molecule has 0 aliphatic carbocycles. The fraction of sp³-hybridized carbons (Fsp3) is 0.100. The molecule has 0 bridgehead atoms. The zero-order valence-electron chi connectivity index (χ0n) is 7.95. The van der Waals surface area contributed by atoms with E-state index in [9.17, 15) is 4.39 Å². The van der Waals surface area contributed by atoms with Gasteiger partial charge < -0.3 is 0 Å². The van der Waals surface area contributed by atoms with Gasteiger partial charge in [-0.15, -0.1) is 0 Å². The molecule has 1 aromatic rings. The van der Waals surface area contributed by atoms with E-state index in [0.717, 1.165) is 0 Å². The summed E-state index contributed by atoms with van der Waals surface area (Å²) in [5, 5.41) is 20.2. The maximum atomic E-state index is 13.4. The number of rotatable bonds is 2. The lowest BCUT2D eigenvalue weighted by Gasteiger charge is -2.03. The van der Waals surface area contributed by atoms with Crippen LogP contribution in [0.1, 0.15) is 5.56 Å². The smallest absolute Gasteiger partial charge is 0.237 e. The fourth-order valence-corrected chi connectivity index (χ4v) is 0.925. The molecule has 0 atom stereocenters. The molecule has 0 saturated carbocycles. The van der Waals surface area contributed by atoms with Crippen LogP contribution in [0.25, 0.3) is 0 Å². The highest BCUT2D eigenvalue weighted by Gasteiger charge is 2.03. The number of hydrogen-bond acceptors (Lipinski definition) is 4. The summed E-state index contributed by atoms with van der Waals surface area (Å²) in [5.74, 6) is -0.448. The molecule has 0 amide bonds.